The van der Waals surface area contributed by atoms with Crippen LogP contribution >= 0.6 is 0 Å². The normalized spacial score (nSPS) is 14.0. The van der Waals surface area contributed by atoms with Gasteiger partial charge in [0.05, 0.1) is 19.0 Å². The summed E-state index contributed by atoms with van der Waals surface area (Å²) >= 11 is 0. The van der Waals surface area contributed by atoms with Crippen molar-refractivity contribution in [3.8, 4) is 0 Å². The van der Waals surface area contributed by atoms with Gasteiger partial charge in [0.1, 0.15) is 11.5 Å². The number of nitrogens with one attached hydrogen (secondary N) is 1. The lowest BCUT2D eigenvalue weighted by molar-refractivity contribution is 0.101. The second-order valence-electron chi connectivity index (χ2n) is 5.75. The van der Waals surface area contributed by atoms with Gasteiger partial charge in [-0.1, -0.05) is 18.2 Å². The van der Waals surface area contributed by atoms with Gasteiger partial charge in [0, 0.05) is 31.9 Å². The number of rotatable bonds is 4. The highest BCUT2D eigenvalue weighted by atomic mass is 16.6. The van der Waals surface area contributed by atoms with E-state index in [9.17, 15) is 9.59 Å². The molecule has 0 bridgehead atoms. The fraction of sp³-hybridized carbons (Fsp3) is 0.333. The van der Waals surface area contributed by atoms with E-state index in [1.807, 2.05) is 35.2 Å². The van der Waals surface area contributed by atoms with Crippen molar-refractivity contribution in [1.82, 2.24) is 14.9 Å². The van der Waals surface area contributed by atoms with Gasteiger partial charge in [-0.2, -0.15) is 0 Å². The molecule has 0 aliphatic carbocycles. The van der Waals surface area contributed by atoms with E-state index in [2.05, 4.69) is 15.3 Å². The van der Waals surface area contributed by atoms with Crippen LogP contribution in [-0.4, -0.2) is 59.7 Å². The number of anilines is 2. The summed E-state index contributed by atoms with van der Waals surface area (Å²) in [6.07, 6.45) is 2.76. The molecule has 1 aromatic carbocycles. The molecule has 1 N–H and O–H groups in total. The van der Waals surface area contributed by atoms with E-state index in [-0.39, 0.29) is 17.7 Å². The van der Waals surface area contributed by atoms with Crippen LogP contribution < -0.4 is 10.2 Å². The number of carbonyl (C=O) groups is 2. The van der Waals surface area contributed by atoms with Gasteiger partial charge in [-0.3, -0.25) is 4.79 Å². The third kappa shape index (κ3) is 4.27. The van der Waals surface area contributed by atoms with E-state index in [0.717, 1.165) is 0 Å². The molecule has 1 aromatic heterocycles. The Bertz CT molecular complexity index is 743. The molecule has 1 saturated heterocycles. The Morgan fingerprint density at radius 2 is 1.81 bits per heavy atom. The number of aromatic nitrogens is 2. The summed E-state index contributed by atoms with van der Waals surface area (Å²) in [6, 6.07) is 9.19. The quantitative estimate of drug-likeness (QED) is 0.903. The van der Waals surface area contributed by atoms with E-state index in [4.69, 9.17) is 4.74 Å². The zero-order chi connectivity index (χ0) is 18.4. The number of amides is 2. The number of ether oxygens (including phenoxy) is 1. The second kappa shape index (κ2) is 8.28. The predicted molar refractivity (Wildman–Crippen MR) is 97.2 cm³/mol. The molecular weight excluding hydrogens is 334 g/mol. The Kier molecular flexibility index (Phi) is 5.62. The molecule has 26 heavy (non-hydrogen) atoms. The predicted octanol–water partition coefficient (Wildman–Crippen LogP) is 2.01. The van der Waals surface area contributed by atoms with E-state index in [1.165, 1.54) is 6.20 Å². The molecular formula is C18H21N5O3. The Labute approximate surface area is 151 Å². The molecule has 0 spiro atoms. The molecule has 2 amide bonds. The van der Waals surface area contributed by atoms with Crippen molar-refractivity contribution in [2.24, 2.45) is 0 Å². The summed E-state index contributed by atoms with van der Waals surface area (Å²) in [7, 11) is 0. The lowest BCUT2D eigenvalue weighted by Crippen LogP contribution is -2.49. The lowest BCUT2D eigenvalue weighted by Gasteiger charge is -2.34. The van der Waals surface area contributed by atoms with Crippen LogP contribution in [0.5, 0.6) is 0 Å². The van der Waals surface area contributed by atoms with Gasteiger partial charge < -0.3 is 19.9 Å². The standard InChI is InChI=1S/C18H21N5O3/c1-2-26-18(25)23-10-8-22(9-11-23)16-13-19-15(12-20-16)17(24)21-14-6-4-3-5-7-14/h3-7,12-13H,2,8-11H2,1H3,(H,21,24). The molecule has 0 atom stereocenters. The number of nitrogens with zero attached hydrogens (tertiary/aromatic N) is 4. The summed E-state index contributed by atoms with van der Waals surface area (Å²) in [4.78, 5) is 36.2. The Morgan fingerprint density at radius 3 is 2.42 bits per heavy atom. The molecule has 2 aromatic rings. The van der Waals surface area contributed by atoms with Crippen molar-refractivity contribution in [3.05, 3.63) is 48.4 Å². The molecule has 0 radical (unpaired) electrons. The Morgan fingerprint density at radius 1 is 1.08 bits per heavy atom. The lowest BCUT2D eigenvalue weighted by atomic mass is 10.3. The zero-order valence-corrected chi connectivity index (χ0v) is 14.6. The number of para-hydroxylation sites is 1. The SMILES string of the molecule is CCOC(=O)N1CCN(c2cnc(C(=O)Nc3ccccc3)cn2)CC1. The minimum atomic E-state index is -0.303. The summed E-state index contributed by atoms with van der Waals surface area (Å²) in [6.45, 7) is 4.58. The van der Waals surface area contributed by atoms with Crippen molar-refractivity contribution in [2.75, 3.05) is 43.0 Å². The van der Waals surface area contributed by atoms with Crippen molar-refractivity contribution in [3.63, 3.8) is 0 Å². The van der Waals surface area contributed by atoms with Gasteiger partial charge in [0.25, 0.3) is 5.91 Å². The molecule has 1 aliphatic heterocycles. The largest absolute Gasteiger partial charge is 0.450 e. The summed E-state index contributed by atoms with van der Waals surface area (Å²) < 4.78 is 5.01. The highest BCUT2D eigenvalue weighted by molar-refractivity contribution is 6.02. The van der Waals surface area contributed by atoms with Crippen molar-refractivity contribution in [2.45, 2.75) is 6.92 Å². The van der Waals surface area contributed by atoms with Crippen molar-refractivity contribution in [1.29, 1.82) is 0 Å². The molecule has 0 saturated carbocycles. The van der Waals surface area contributed by atoms with Gasteiger partial charge in [-0.25, -0.2) is 14.8 Å². The van der Waals surface area contributed by atoms with Crippen LogP contribution in [0.1, 0.15) is 17.4 Å². The number of hydrogen-bond donors (Lipinski definition) is 1. The minimum absolute atomic E-state index is 0.253. The fourth-order valence-electron chi connectivity index (χ4n) is 2.65. The second-order valence-corrected chi connectivity index (χ2v) is 5.75. The number of piperazine rings is 1. The smallest absolute Gasteiger partial charge is 0.409 e. The number of carbonyl (C=O) groups excluding carboxylic acids is 2. The van der Waals surface area contributed by atoms with Crippen LogP contribution in [0.15, 0.2) is 42.7 Å². The highest BCUT2D eigenvalue weighted by Crippen LogP contribution is 2.14. The zero-order valence-electron chi connectivity index (χ0n) is 14.6. The average Bonchev–Trinajstić information content (AvgIpc) is 2.69. The maximum atomic E-state index is 12.2. The van der Waals surface area contributed by atoms with Gasteiger partial charge in [-0.05, 0) is 19.1 Å². The molecule has 0 unspecified atom stereocenters. The maximum Gasteiger partial charge on any atom is 0.409 e. The van der Waals surface area contributed by atoms with Gasteiger partial charge >= 0.3 is 6.09 Å². The maximum absolute atomic E-state index is 12.2. The van der Waals surface area contributed by atoms with E-state index >= 15 is 0 Å². The van der Waals surface area contributed by atoms with Crippen molar-refractivity contribution < 1.29 is 14.3 Å². The summed E-state index contributed by atoms with van der Waals surface area (Å²) in [5, 5.41) is 2.77. The molecule has 2 heterocycles. The van der Waals surface area contributed by atoms with Crippen LogP contribution in [0.3, 0.4) is 0 Å². The van der Waals surface area contributed by atoms with Gasteiger partial charge in [-0.15, -0.1) is 0 Å². The monoisotopic (exact) mass is 355 g/mol. The first-order valence-electron chi connectivity index (χ1n) is 8.52. The molecule has 136 valence electrons. The van der Waals surface area contributed by atoms with Crippen LogP contribution in [0.4, 0.5) is 16.3 Å². The third-order valence-corrected chi connectivity index (χ3v) is 4.03. The Balaban J connectivity index is 1.56. The van der Waals surface area contributed by atoms with E-state index < -0.39 is 0 Å². The third-order valence-electron chi connectivity index (χ3n) is 4.03. The van der Waals surface area contributed by atoms with Gasteiger partial charge in [0.15, 0.2) is 0 Å². The summed E-state index contributed by atoms with van der Waals surface area (Å²) in [5.74, 6) is 0.382. The van der Waals surface area contributed by atoms with Crippen LogP contribution in [0.2, 0.25) is 0 Å². The first-order valence-corrected chi connectivity index (χ1v) is 8.52. The van der Waals surface area contributed by atoms with Crippen LogP contribution in [0.25, 0.3) is 0 Å². The first-order chi connectivity index (χ1) is 12.7. The van der Waals surface area contributed by atoms with E-state index in [1.54, 1.807) is 18.0 Å². The molecule has 1 fully saturated rings. The van der Waals surface area contributed by atoms with Crippen molar-refractivity contribution >= 4 is 23.5 Å². The summed E-state index contributed by atoms with van der Waals surface area (Å²) in [5.41, 5.74) is 0.959. The molecule has 1 aliphatic rings. The minimum Gasteiger partial charge on any atom is -0.450 e. The van der Waals surface area contributed by atoms with Gasteiger partial charge in [0.2, 0.25) is 0 Å². The average molecular weight is 355 g/mol. The molecule has 8 heteroatoms. The van der Waals surface area contributed by atoms with Crippen LogP contribution in [0, 0.1) is 0 Å². The highest BCUT2D eigenvalue weighted by Gasteiger charge is 2.23. The molecule has 8 nitrogen and oxygen atoms in total. The molecule has 3 rings (SSSR count). The topological polar surface area (TPSA) is 87.7 Å². The van der Waals surface area contributed by atoms with Crippen LogP contribution in [-0.2, 0) is 4.74 Å². The fourth-order valence-corrected chi connectivity index (χ4v) is 2.65. The van der Waals surface area contributed by atoms with E-state index in [0.29, 0.717) is 44.3 Å². The number of hydrogen-bond acceptors (Lipinski definition) is 6. The first kappa shape index (κ1) is 17.7. The Hall–Kier alpha value is -3.16. The number of benzene rings is 1.